The first-order chi connectivity index (χ1) is 20.6. The number of fused-ring (bicyclic) bond motifs is 4. The van der Waals surface area contributed by atoms with Crippen molar-refractivity contribution in [2.24, 2.45) is 11.3 Å². The molecule has 2 fully saturated rings. The molecule has 6 heteroatoms. The van der Waals surface area contributed by atoms with Gasteiger partial charge in [0.2, 0.25) is 0 Å². The monoisotopic (exact) mass is 568 g/mol. The van der Waals surface area contributed by atoms with Crippen molar-refractivity contribution in [3.05, 3.63) is 66.5 Å². The van der Waals surface area contributed by atoms with Gasteiger partial charge in [0, 0.05) is 46.4 Å². The molecule has 6 nitrogen and oxygen atoms in total. The fourth-order valence-electron chi connectivity index (χ4n) is 9.29. The van der Waals surface area contributed by atoms with Crippen LogP contribution in [0.5, 0.6) is 0 Å². The predicted octanol–water partition coefficient (Wildman–Crippen LogP) is 6.21. The van der Waals surface area contributed by atoms with Gasteiger partial charge in [0.1, 0.15) is 5.60 Å². The lowest BCUT2D eigenvalue weighted by Gasteiger charge is -2.64. The molecule has 0 amide bonds. The van der Waals surface area contributed by atoms with E-state index in [-0.39, 0.29) is 23.3 Å². The van der Waals surface area contributed by atoms with Crippen LogP contribution in [0.2, 0.25) is 0 Å². The lowest BCUT2D eigenvalue weighted by atomic mass is 9.48. The van der Waals surface area contributed by atoms with Gasteiger partial charge in [0.25, 0.3) is 0 Å². The van der Waals surface area contributed by atoms with Gasteiger partial charge in [-0.3, -0.25) is 4.98 Å². The second-order valence-electron chi connectivity index (χ2n) is 13.6. The largest absolute Gasteiger partial charge is 0.389 e. The number of para-hydroxylation sites is 1. The van der Waals surface area contributed by atoms with E-state index in [1.54, 1.807) is 0 Å². The molecule has 4 N–H and O–H groups in total. The summed E-state index contributed by atoms with van der Waals surface area (Å²) >= 11 is 0. The molecule has 7 atom stereocenters. The summed E-state index contributed by atoms with van der Waals surface area (Å²) in [5.74, 6) is -0.0453. The molecule has 1 saturated carbocycles. The second-order valence-corrected chi connectivity index (χ2v) is 13.6. The van der Waals surface area contributed by atoms with Gasteiger partial charge in [-0.05, 0) is 108 Å². The number of benzene rings is 1. The fraction of sp³-hybridized carbons (Fsp3) is 0.583. The Morgan fingerprint density at radius 1 is 0.857 bits per heavy atom. The molecule has 42 heavy (non-hydrogen) atoms. The van der Waals surface area contributed by atoms with E-state index in [0.29, 0.717) is 6.42 Å². The molecule has 0 radical (unpaired) electrons. The van der Waals surface area contributed by atoms with Gasteiger partial charge >= 0.3 is 0 Å². The summed E-state index contributed by atoms with van der Waals surface area (Å²) in [6.07, 6.45) is 21.5. The summed E-state index contributed by atoms with van der Waals surface area (Å²) in [5.41, 5.74) is 1.59. The maximum Gasteiger partial charge on any atom is 0.107 e. The van der Waals surface area contributed by atoms with E-state index < -0.39 is 11.7 Å². The quantitative estimate of drug-likeness (QED) is 0.262. The van der Waals surface area contributed by atoms with Gasteiger partial charge < -0.3 is 25.4 Å². The lowest BCUT2D eigenvalue weighted by molar-refractivity contribution is -0.211. The van der Waals surface area contributed by atoms with Crippen LogP contribution in [0, 0.1) is 11.3 Å². The normalized spacial score (nSPS) is 36.5. The summed E-state index contributed by atoms with van der Waals surface area (Å²) in [4.78, 5) is 11.4. The number of aliphatic hydroxyl groups excluding tert-OH is 1. The van der Waals surface area contributed by atoms with E-state index in [9.17, 15) is 10.2 Å². The van der Waals surface area contributed by atoms with Crippen LogP contribution in [0.3, 0.4) is 0 Å². The topological polar surface area (TPSA) is 84.4 Å². The number of aromatic amines is 1. The highest BCUT2D eigenvalue weighted by Crippen LogP contribution is 2.59. The van der Waals surface area contributed by atoms with Gasteiger partial charge in [0.05, 0.1) is 17.3 Å². The Morgan fingerprint density at radius 2 is 1.64 bits per heavy atom. The average Bonchev–Trinajstić information content (AvgIpc) is 3.37. The van der Waals surface area contributed by atoms with E-state index in [1.807, 2.05) is 6.20 Å². The highest BCUT2D eigenvalue weighted by atomic mass is 16.3. The van der Waals surface area contributed by atoms with Crippen molar-refractivity contribution in [1.29, 1.82) is 0 Å². The third-order valence-corrected chi connectivity index (χ3v) is 11.2. The predicted molar refractivity (Wildman–Crippen MR) is 171 cm³/mol. The number of hydrogen-bond acceptors (Lipinski definition) is 5. The standard InChI is InChI=1S/C36H48N4O2/c41-33-30(32-31-27(17-22-37-32)26-15-9-10-16-29(26)39-31)28-18-24-40-23-14-8-4-2-6-12-20-36(33,42)34-35(28,25-40)19-11-5-1-3-7-13-21-38-34/h1-2,5-6,9-10,15-17,22,28,30,33-34,38-39,41-42H,3-4,7-8,11-14,18-21,23-25H2. The van der Waals surface area contributed by atoms with E-state index >= 15 is 0 Å². The summed E-state index contributed by atoms with van der Waals surface area (Å²) in [7, 11) is 0. The van der Waals surface area contributed by atoms with Gasteiger partial charge in [-0.15, -0.1) is 0 Å². The number of aliphatic hydroxyl groups is 2. The molecular weight excluding hydrogens is 520 g/mol. The molecule has 1 aromatic carbocycles. The lowest BCUT2D eigenvalue weighted by Crippen LogP contribution is -2.75. The number of rotatable bonds is 1. The van der Waals surface area contributed by atoms with Crippen molar-refractivity contribution < 1.29 is 10.2 Å². The molecule has 3 aliphatic heterocycles. The molecule has 7 unspecified atom stereocenters. The first-order valence-corrected chi connectivity index (χ1v) is 16.6. The molecule has 3 aromatic rings. The summed E-state index contributed by atoms with van der Waals surface area (Å²) in [5, 5.41) is 31.9. The van der Waals surface area contributed by atoms with Crippen LogP contribution < -0.4 is 5.32 Å². The number of allylic oxidation sites excluding steroid dienone is 4. The maximum atomic E-state index is 13.0. The van der Waals surface area contributed by atoms with E-state index in [2.05, 4.69) is 69.8 Å². The zero-order valence-electron chi connectivity index (χ0n) is 25.0. The molecule has 7 rings (SSSR count). The Bertz CT molecular complexity index is 1450. The highest BCUT2D eigenvalue weighted by molar-refractivity contribution is 6.07. The zero-order valence-corrected chi connectivity index (χ0v) is 25.0. The molecule has 5 heterocycles. The SMILES string of the molecule is OC1C(c2nccc3c2[nH]c2ccccc23)C2CCN3CCCCC=CCCC1(O)C1NCCCCC=CCCC21C3. The van der Waals surface area contributed by atoms with Crippen molar-refractivity contribution in [2.75, 3.05) is 26.2 Å². The second kappa shape index (κ2) is 11.9. The number of nitrogens with zero attached hydrogens (tertiary/aromatic N) is 2. The van der Waals surface area contributed by atoms with Crippen LogP contribution in [-0.2, 0) is 0 Å². The summed E-state index contributed by atoms with van der Waals surface area (Å²) in [6, 6.07) is 10.4. The van der Waals surface area contributed by atoms with Crippen LogP contribution in [0.4, 0.5) is 0 Å². The van der Waals surface area contributed by atoms with Crippen molar-refractivity contribution in [1.82, 2.24) is 20.2 Å². The number of piperidine rings is 1. The van der Waals surface area contributed by atoms with Crippen LogP contribution in [0.1, 0.15) is 82.2 Å². The van der Waals surface area contributed by atoms with E-state index in [1.165, 1.54) is 18.2 Å². The zero-order chi connectivity index (χ0) is 28.6. The highest BCUT2D eigenvalue weighted by Gasteiger charge is 2.66. The van der Waals surface area contributed by atoms with Gasteiger partial charge in [-0.1, -0.05) is 42.5 Å². The molecule has 4 aliphatic rings. The Balaban J connectivity index is 1.43. The Kier molecular flexibility index (Phi) is 7.99. The van der Waals surface area contributed by atoms with Crippen molar-refractivity contribution in [3.8, 4) is 0 Å². The first-order valence-electron chi connectivity index (χ1n) is 16.6. The fourth-order valence-corrected chi connectivity index (χ4v) is 9.29. The van der Waals surface area contributed by atoms with Gasteiger partial charge in [-0.2, -0.15) is 0 Å². The molecule has 2 aromatic heterocycles. The summed E-state index contributed by atoms with van der Waals surface area (Å²) in [6.45, 7) is 3.98. The van der Waals surface area contributed by atoms with Crippen molar-refractivity contribution >= 4 is 21.8 Å². The minimum atomic E-state index is -1.27. The Hall–Kier alpha value is -2.51. The van der Waals surface area contributed by atoms with Crippen LogP contribution in [-0.4, -0.2) is 69.0 Å². The van der Waals surface area contributed by atoms with Gasteiger partial charge in [0.15, 0.2) is 0 Å². The van der Waals surface area contributed by atoms with E-state index in [0.717, 1.165) is 99.7 Å². The van der Waals surface area contributed by atoms with Gasteiger partial charge in [-0.25, -0.2) is 0 Å². The average molecular weight is 569 g/mol. The number of aromatic nitrogens is 2. The number of pyridine rings is 1. The first kappa shape index (κ1) is 28.3. The third-order valence-electron chi connectivity index (χ3n) is 11.2. The minimum Gasteiger partial charge on any atom is -0.389 e. The molecule has 1 aliphatic carbocycles. The maximum absolute atomic E-state index is 13.0. The number of nitrogens with one attached hydrogen (secondary N) is 2. The molecule has 224 valence electrons. The number of H-pyrrole nitrogens is 1. The molecule has 1 saturated heterocycles. The van der Waals surface area contributed by atoms with Crippen LogP contribution in [0.25, 0.3) is 21.8 Å². The Labute approximate surface area is 250 Å². The number of hydrogen-bond donors (Lipinski definition) is 4. The summed E-state index contributed by atoms with van der Waals surface area (Å²) < 4.78 is 0. The van der Waals surface area contributed by atoms with Crippen LogP contribution >= 0.6 is 0 Å². The molecular formula is C36H48N4O2. The minimum absolute atomic E-state index is 0.174. The van der Waals surface area contributed by atoms with Crippen molar-refractivity contribution in [3.63, 3.8) is 0 Å². The van der Waals surface area contributed by atoms with Crippen molar-refractivity contribution in [2.45, 2.75) is 94.3 Å². The molecule has 1 spiro atoms. The Morgan fingerprint density at radius 3 is 2.52 bits per heavy atom. The molecule has 3 bridgehead atoms. The van der Waals surface area contributed by atoms with Crippen LogP contribution in [0.15, 0.2) is 60.8 Å². The third kappa shape index (κ3) is 4.85. The smallest absolute Gasteiger partial charge is 0.107 e. The van der Waals surface area contributed by atoms with E-state index in [4.69, 9.17) is 4.98 Å².